The molecule has 4 nitrogen and oxygen atoms in total. The van der Waals surface area contributed by atoms with Crippen molar-refractivity contribution in [3.63, 3.8) is 0 Å². The van der Waals surface area contributed by atoms with Crippen molar-refractivity contribution in [1.29, 1.82) is 0 Å². The Kier molecular flexibility index (Phi) is 7.30. The third kappa shape index (κ3) is 4.87. The van der Waals surface area contributed by atoms with Crippen LogP contribution in [0.15, 0.2) is 208 Å². The molecule has 0 radical (unpaired) electrons. The maximum Gasteiger partial charge on any atom is 0.159 e. The van der Waals surface area contributed by atoms with Gasteiger partial charge in [0, 0.05) is 34.5 Å². The number of amidine groups is 2. The number of allylic oxidation sites excluding steroid dienone is 4. The summed E-state index contributed by atoms with van der Waals surface area (Å²) >= 11 is 0. The van der Waals surface area contributed by atoms with Gasteiger partial charge in [-0.2, -0.15) is 0 Å². The Morgan fingerprint density at radius 2 is 1.31 bits per heavy atom. The molecule has 0 amide bonds. The van der Waals surface area contributed by atoms with Crippen LogP contribution >= 0.6 is 0 Å². The maximum atomic E-state index is 6.33. The number of para-hydroxylation sites is 1. The van der Waals surface area contributed by atoms with Crippen LogP contribution < -0.4 is 0 Å². The SMILES string of the molecule is CN1C(c2ccccc2)=NC(c2ccc(-c3ccc4c(c3)C3(C5=C(CCC=C5)c5c3ccc3ccccc53)c3ccccc3-4)cc2)=NC1c1ccc2c(c1)oc1ccccc12. The minimum atomic E-state index is -0.376. The molecule has 0 saturated carbocycles. The topological polar surface area (TPSA) is 41.1 Å². The van der Waals surface area contributed by atoms with E-state index in [2.05, 4.69) is 182 Å². The van der Waals surface area contributed by atoms with E-state index in [1.807, 2.05) is 18.2 Å². The van der Waals surface area contributed by atoms with Gasteiger partial charge in [0.2, 0.25) is 0 Å². The quantitative estimate of drug-likeness (QED) is 0.178. The molecule has 9 aromatic rings. The third-order valence-corrected chi connectivity index (χ3v) is 13.6. The predicted octanol–water partition coefficient (Wildman–Crippen LogP) is 13.7. The molecule has 61 heavy (non-hydrogen) atoms. The zero-order chi connectivity index (χ0) is 40.2. The molecular formula is C57H39N3O. The number of aliphatic imine (C=N–C) groups is 2. The van der Waals surface area contributed by atoms with Gasteiger partial charge in [-0.1, -0.05) is 170 Å². The van der Waals surface area contributed by atoms with Gasteiger partial charge in [-0.3, -0.25) is 0 Å². The molecule has 2 atom stereocenters. The fraction of sp³-hybridized carbons (Fsp3) is 0.0877. The highest BCUT2D eigenvalue weighted by Gasteiger charge is 2.52. The Bertz CT molecular complexity index is 3440. The van der Waals surface area contributed by atoms with Crippen molar-refractivity contribution in [1.82, 2.24) is 4.90 Å². The standard InChI is InChI=1S/C57H39N3O/c1-60-55(38-14-3-2-4-15-38)58-54(59-56(60)40-28-31-45-44-18-9-12-22-51(44)61-52(45)34-40)37-25-23-35(24-26-37)39-27-30-43-42-17-7-10-20-47(42)57(50(43)33-39)48-21-11-8-19-46(48)53-41-16-6-5-13-36(41)29-32-49(53)57/h2-7,9-18,20-34,56H,8,19H2,1H3. The highest BCUT2D eigenvalue weighted by atomic mass is 16.3. The number of hydrogen-bond acceptors (Lipinski definition) is 4. The van der Waals surface area contributed by atoms with Crippen LogP contribution in [0.25, 0.3) is 60.5 Å². The fourth-order valence-electron chi connectivity index (χ4n) is 10.9. The highest BCUT2D eigenvalue weighted by molar-refractivity contribution is 6.13. The Hall–Kier alpha value is -7.56. The van der Waals surface area contributed by atoms with E-state index in [1.54, 1.807) is 0 Å². The zero-order valence-corrected chi connectivity index (χ0v) is 33.6. The Morgan fingerprint density at radius 1 is 0.574 bits per heavy atom. The summed E-state index contributed by atoms with van der Waals surface area (Å²) < 4.78 is 6.33. The Balaban J connectivity index is 0.929. The van der Waals surface area contributed by atoms with Gasteiger partial charge in [-0.05, 0) is 97.5 Å². The number of benzene rings is 8. The first-order chi connectivity index (χ1) is 30.1. The van der Waals surface area contributed by atoms with Crippen LogP contribution in [0.1, 0.15) is 58.0 Å². The first kappa shape index (κ1) is 34.3. The number of nitrogens with zero attached hydrogens (tertiary/aromatic N) is 3. The van der Waals surface area contributed by atoms with Gasteiger partial charge in [-0.15, -0.1) is 0 Å². The van der Waals surface area contributed by atoms with Crippen molar-refractivity contribution in [3.05, 3.63) is 233 Å². The fourth-order valence-corrected chi connectivity index (χ4v) is 10.9. The molecule has 2 heterocycles. The molecule has 1 aromatic heterocycles. The maximum absolute atomic E-state index is 6.33. The van der Waals surface area contributed by atoms with Gasteiger partial charge in [0.05, 0.1) is 5.41 Å². The smallest absolute Gasteiger partial charge is 0.159 e. The zero-order valence-electron chi connectivity index (χ0n) is 33.6. The minimum Gasteiger partial charge on any atom is -0.456 e. The third-order valence-electron chi connectivity index (χ3n) is 13.6. The van der Waals surface area contributed by atoms with E-state index in [-0.39, 0.29) is 11.6 Å². The molecule has 4 heteroatoms. The lowest BCUT2D eigenvalue weighted by Gasteiger charge is -2.32. The summed E-state index contributed by atoms with van der Waals surface area (Å²) in [6, 6.07) is 63.9. The lowest BCUT2D eigenvalue weighted by molar-refractivity contribution is 0.383. The summed E-state index contributed by atoms with van der Waals surface area (Å²) in [6.45, 7) is 0. The molecule has 0 N–H and O–H groups in total. The van der Waals surface area contributed by atoms with Gasteiger partial charge in [0.25, 0.3) is 0 Å². The molecule has 13 rings (SSSR count). The molecule has 0 bridgehead atoms. The molecule has 4 aliphatic rings. The normalized spacial score (nSPS) is 18.7. The number of fused-ring (bicyclic) bond motifs is 14. The molecular weight excluding hydrogens is 743 g/mol. The summed E-state index contributed by atoms with van der Waals surface area (Å²) in [7, 11) is 2.08. The van der Waals surface area contributed by atoms with Crippen LogP contribution in [-0.2, 0) is 5.41 Å². The monoisotopic (exact) mass is 781 g/mol. The summed E-state index contributed by atoms with van der Waals surface area (Å²) in [5, 5.41) is 4.88. The van der Waals surface area contributed by atoms with Crippen molar-refractivity contribution in [2.24, 2.45) is 9.98 Å². The van der Waals surface area contributed by atoms with Crippen molar-refractivity contribution >= 4 is 50.0 Å². The lowest BCUT2D eigenvalue weighted by atomic mass is 9.68. The number of rotatable bonds is 4. The van der Waals surface area contributed by atoms with Gasteiger partial charge in [0.1, 0.15) is 17.0 Å². The molecule has 0 saturated heterocycles. The molecule has 2 unspecified atom stereocenters. The first-order valence-corrected chi connectivity index (χ1v) is 21.3. The summed E-state index contributed by atoms with van der Waals surface area (Å²) in [5.41, 5.74) is 18.0. The van der Waals surface area contributed by atoms with Gasteiger partial charge >= 0.3 is 0 Å². The first-order valence-electron chi connectivity index (χ1n) is 21.3. The van der Waals surface area contributed by atoms with Crippen LogP contribution in [0.4, 0.5) is 0 Å². The lowest BCUT2D eigenvalue weighted by Crippen LogP contribution is -2.35. The van der Waals surface area contributed by atoms with E-state index in [1.165, 1.54) is 60.9 Å². The van der Waals surface area contributed by atoms with Crippen molar-refractivity contribution in [2.75, 3.05) is 7.05 Å². The van der Waals surface area contributed by atoms with Crippen molar-refractivity contribution < 1.29 is 4.42 Å². The molecule has 1 aliphatic heterocycles. The molecule has 288 valence electrons. The second kappa shape index (κ2) is 13.0. The molecule has 3 aliphatic carbocycles. The van der Waals surface area contributed by atoms with E-state index in [0.29, 0.717) is 5.84 Å². The number of hydrogen-bond donors (Lipinski definition) is 0. The number of furan rings is 1. The average Bonchev–Trinajstić information content (AvgIpc) is 3.95. The van der Waals surface area contributed by atoms with E-state index in [4.69, 9.17) is 14.4 Å². The van der Waals surface area contributed by atoms with Gasteiger partial charge < -0.3 is 9.32 Å². The highest BCUT2D eigenvalue weighted by Crippen LogP contribution is 2.64. The molecule has 0 fully saturated rings. The summed E-state index contributed by atoms with van der Waals surface area (Å²) in [4.78, 5) is 12.7. The van der Waals surface area contributed by atoms with Crippen LogP contribution in [0.3, 0.4) is 0 Å². The molecule has 8 aromatic carbocycles. The van der Waals surface area contributed by atoms with E-state index in [0.717, 1.165) is 62.9 Å². The predicted molar refractivity (Wildman–Crippen MR) is 250 cm³/mol. The van der Waals surface area contributed by atoms with E-state index < -0.39 is 0 Å². The Labute approximate surface area is 354 Å². The summed E-state index contributed by atoms with van der Waals surface area (Å²) in [6.07, 6.45) is 6.64. The van der Waals surface area contributed by atoms with E-state index in [9.17, 15) is 0 Å². The van der Waals surface area contributed by atoms with Crippen LogP contribution in [0.2, 0.25) is 0 Å². The second-order valence-corrected chi connectivity index (χ2v) is 16.8. The van der Waals surface area contributed by atoms with Crippen LogP contribution in [0, 0.1) is 0 Å². The second-order valence-electron chi connectivity index (χ2n) is 16.8. The van der Waals surface area contributed by atoms with E-state index >= 15 is 0 Å². The molecule has 1 spiro atoms. The van der Waals surface area contributed by atoms with Gasteiger partial charge in [-0.25, -0.2) is 9.98 Å². The minimum absolute atomic E-state index is 0.297. The van der Waals surface area contributed by atoms with Crippen molar-refractivity contribution in [3.8, 4) is 22.3 Å². The van der Waals surface area contributed by atoms with Crippen LogP contribution in [-0.4, -0.2) is 23.6 Å². The van der Waals surface area contributed by atoms with Crippen molar-refractivity contribution in [2.45, 2.75) is 24.4 Å². The Morgan fingerprint density at radius 3 is 2.21 bits per heavy atom. The average molecular weight is 782 g/mol. The summed E-state index contributed by atoms with van der Waals surface area (Å²) in [5.74, 6) is 1.59. The van der Waals surface area contributed by atoms with Crippen LogP contribution in [0.5, 0.6) is 0 Å². The van der Waals surface area contributed by atoms with Gasteiger partial charge in [0.15, 0.2) is 12.0 Å². The largest absolute Gasteiger partial charge is 0.456 e.